The molecule has 0 saturated carbocycles. The predicted molar refractivity (Wildman–Crippen MR) is 117 cm³/mol. The first-order valence-electron chi connectivity index (χ1n) is 9.81. The molecule has 0 bridgehead atoms. The zero-order valence-electron chi connectivity index (χ0n) is 17.8. The molecule has 2 amide bonds. The maximum atomic E-state index is 12.4. The molecule has 8 heteroatoms. The first-order chi connectivity index (χ1) is 15.0. The van der Waals surface area contributed by atoms with E-state index in [1.54, 1.807) is 24.3 Å². The molecule has 0 aromatic heterocycles. The first kappa shape index (κ1) is 23.0. The van der Waals surface area contributed by atoms with Gasteiger partial charge in [0.05, 0.1) is 5.69 Å². The second-order valence-electron chi connectivity index (χ2n) is 8.00. The molecule has 3 rings (SSSR count). The molecule has 32 heavy (non-hydrogen) atoms. The molecule has 0 unspecified atom stereocenters. The van der Waals surface area contributed by atoms with Crippen LogP contribution in [0.5, 0.6) is 17.2 Å². The van der Waals surface area contributed by atoms with Crippen LogP contribution in [0.2, 0.25) is 0 Å². The highest BCUT2D eigenvalue weighted by Gasteiger charge is 2.31. The van der Waals surface area contributed by atoms with Crippen molar-refractivity contribution in [2.24, 2.45) is 0 Å². The number of nitrogens with one attached hydrogen (secondary N) is 2. The fourth-order valence-corrected chi connectivity index (χ4v) is 2.98. The van der Waals surface area contributed by atoms with Gasteiger partial charge in [0, 0.05) is 11.3 Å². The molecule has 168 valence electrons. The summed E-state index contributed by atoms with van der Waals surface area (Å²) >= 11 is 0. The molecule has 0 fully saturated rings. The van der Waals surface area contributed by atoms with Crippen molar-refractivity contribution >= 4 is 17.4 Å². The Morgan fingerprint density at radius 2 is 1.38 bits per heavy atom. The topological polar surface area (TPSA) is 59.6 Å². The van der Waals surface area contributed by atoms with E-state index in [4.69, 9.17) is 4.74 Å². The van der Waals surface area contributed by atoms with Crippen molar-refractivity contribution < 1.29 is 27.4 Å². The number of halogens is 3. The number of urea groups is 1. The van der Waals surface area contributed by atoms with Crippen LogP contribution in [-0.2, 0) is 5.41 Å². The average molecular weight is 444 g/mol. The van der Waals surface area contributed by atoms with Gasteiger partial charge in [-0.15, -0.1) is 13.2 Å². The largest absolute Gasteiger partial charge is 0.573 e. The van der Waals surface area contributed by atoms with E-state index in [2.05, 4.69) is 36.1 Å². The molecule has 0 radical (unpaired) electrons. The molecule has 3 aromatic rings. The Kier molecular flexibility index (Phi) is 6.62. The number of amides is 2. The Labute approximate surface area is 184 Å². The summed E-state index contributed by atoms with van der Waals surface area (Å²) in [7, 11) is 0. The number of hydrogen-bond acceptors (Lipinski definition) is 3. The SMILES string of the molecule is CC(C)(C)c1ccccc1Oc1ccccc1NC(=O)Nc1ccc(OC(F)(F)F)cc1. The second-order valence-corrected chi connectivity index (χ2v) is 8.00. The van der Waals surface area contributed by atoms with Crippen LogP contribution in [0.1, 0.15) is 26.3 Å². The zero-order chi connectivity index (χ0) is 23.4. The summed E-state index contributed by atoms with van der Waals surface area (Å²) in [6, 6.07) is 18.9. The third-order valence-electron chi connectivity index (χ3n) is 4.40. The molecule has 0 saturated heterocycles. The molecule has 0 aliphatic carbocycles. The number of para-hydroxylation sites is 3. The molecule has 0 aliphatic rings. The van der Waals surface area contributed by atoms with Crippen molar-refractivity contribution in [1.82, 2.24) is 0 Å². The van der Waals surface area contributed by atoms with Crippen molar-refractivity contribution in [3.8, 4) is 17.2 Å². The first-order valence-corrected chi connectivity index (χ1v) is 9.81. The molecular formula is C24H23F3N2O3. The van der Waals surface area contributed by atoms with Crippen LogP contribution >= 0.6 is 0 Å². The fourth-order valence-electron chi connectivity index (χ4n) is 2.98. The van der Waals surface area contributed by atoms with E-state index in [-0.39, 0.29) is 11.2 Å². The van der Waals surface area contributed by atoms with E-state index in [1.165, 1.54) is 12.1 Å². The van der Waals surface area contributed by atoms with Crippen LogP contribution in [0.25, 0.3) is 0 Å². The van der Waals surface area contributed by atoms with Crippen LogP contribution in [0.15, 0.2) is 72.8 Å². The number of anilines is 2. The third-order valence-corrected chi connectivity index (χ3v) is 4.40. The quantitative estimate of drug-likeness (QED) is 0.433. The van der Waals surface area contributed by atoms with Gasteiger partial charge < -0.3 is 20.1 Å². The Hall–Kier alpha value is -3.68. The van der Waals surface area contributed by atoms with Gasteiger partial charge in [0.2, 0.25) is 0 Å². The number of carbonyl (C=O) groups excluding carboxylic acids is 1. The summed E-state index contributed by atoms with van der Waals surface area (Å²) in [5, 5.41) is 5.27. The zero-order valence-corrected chi connectivity index (χ0v) is 17.8. The molecule has 3 aromatic carbocycles. The van der Waals surface area contributed by atoms with E-state index >= 15 is 0 Å². The number of benzene rings is 3. The Morgan fingerprint density at radius 1 is 0.781 bits per heavy atom. The number of ether oxygens (including phenoxy) is 2. The lowest BCUT2D eigenvalue weighted by molar-refractivity contribution is -0.274. The number of carbonyl (C=O) groups is 1. The van der Waals surface area contributed by atoms with Crippen molar-refractivity contribution in [3.05, 3.63) is 78.4 Å². The highest BCUT2D eigenvalue weighted by Crippen LogP contribution is 2.36. The standard InChI is InChI=1S/C24H23F3N2O3/c1-23(2,3)18-8-4-6-10-20(18)31-21-11-7-5-9-19(21)29-22(30)28-16-12-14-17(15-13-16)32-24(25,26)27/h4-15H,1-3H3,(H2,28,29,30). The number of alkyl halides is 3. The maximum Gasteiger partial charge on any atom is 0.573 e. The smallest absolute Gasteiger partial charge is 0.455 e. The van der Waals surface area contributed by atoms with E-state index in [9.17, 15) is 18.0 Å². The van der Waals surface area contributed by atoms with E-state index in [1.807, 2.05) is 24.3 Å². The van der Waals surface area contributed by atoms with Crippen molar-refractivity contribution in [2.75, 3.05) is 10.6 Å². The normalized spacial score (nSPS) is 11.6. The van der Waals surface area contributed by atoms with Crippen molar-refractivity contribution in [3.63, 3.8) is 0 Å². The lowest BCUT2D eigenvalue weighted by atomic mass is 9.86. The molecule has 5 nitrogen and oxygen atoms in total. The van der Waals surface area contributed by atoms with E-state index < -0.39 is 12.4 Å². The Bertz CT molecular complexity index is 1070. The summed E-state index contributed by atoms with van der Waals surface area (Å²) in [5.74, 6) is 0.753. The third kappa shape index (κ3) is 6.41. The van der Waals surface area contributed by atoms with Gasteiger partial charge in [-0.1, -0.05) is 51.1 Å². The summed E-state index contributed by atoms with van der Waals surface area (Å²) in [4.78, 5) is 12.4. The lowest BCUT2D eigenvalue weighted by Gasteiger charge is -2.23. The average Bonchev–Trinajstić information content (AvgIpc) is 2.69. The summed E-state index contributed by atoms with van der Waals surface area (Å²) in [6.07, 6.45) is -4.78. The molecule has 0 atom stereocenters. The minimum Gasteiger partial charge on any atom is -0.455 e. The van der Waals surface area contributed by atoms with Gasteiger partial charge in [-0.25, -0.2) is 4.79 Å². The van der Waals surface area contributed by atoms with Gasteiger partial charge in [-0.3, -0.25) is 0 Å². The van der Waals surface area contributed by atoms with Gasteiger partial charge in [0.15, 0.2) is 5.75 Å². The highest BCUT2D eigenvalue weighted by molar-refractivity contribution is 6.00. The maximum absolute atomic E-state index is 12.4. The van der Waals surface area contributed by atoms with Gasteiger partial charge in [-0.2, -0.15) is 0 Å². The summed E-state index contributed by atoms with van der Waals surface area (Å²) < 4.78 is 46.7. The van der Waals surface area contributed by atoms with Crippen LogP contribution < -0.4 is 20.1 Å². The number of hydrogen-bond donors (Lipinski definition) is 2. The molecule has 0 aliphatic heterocycles. The van der Waals surface area contributed by atoms with Crippen LogP contribution in [0.4, 0.5) is 29.3 Å². The minimum absolute atomic E-state index is 0.141. The molecule has 0 spiro atoms. The van der Waals surface area contributed by atoms with Gasteiger partial charge in [-0.05, 0) is 47.9 Å². The fraction of sp³-hybridized carbons (Fsp3) is 0.208. The molecular weight excluding hydrogens is 421 g/mol. The lowest BCUT2D eigenvalue weighted by Crippen LogP contribution is -2.20. The summed E-state index contributed by atoms with van der Waals surface area (Å²) in [6.45, 7) is 6.24. The molecule has 2 N–H and O–H groups in total. The van der Waals surface area contributed by atoms with Crippen molar-refractivity contribution in [2.45, 2.75) is 32.5 Å². The van der Waals surface area contributed by atoms with Crippen LogP contribution in [0.3, 0.4) is 0 Å². The van der Waals surface area contributed by atoms with Crippen molar-refractivity contribution in [1.29, 1.82) is 0 Å². The summed E-state index contributed by atoms with van der Waals surface area (Å²) in [5.41, 5.74) is 1.61. The minimum atomic E-state index is -4.78. The van der Waals surface area contributed by atoms with E-state index in [0.29, 0.717) is 22.9 Å². The monoisotopic (exact) mass is 444 g/mol. The Balaban J connectivity index is 1.71. The Morgan fingerprint density at radius 3 is 2.00 bits per heavy atom. The van der Waals surface area contributed by atoms with Crippen LogP contribution in [0, 0.1) is 0 Å². The van der Waals surface area contributed by atoms with Gasteiger partial charge in [0.1, 0.15) is 11.5 Å². The van der Waals surface area contributed by atoms with E-state index in [0.717, 1.165) is 17.7 Å². The highest BCUT2D eigenvalue weighted by atomic mass is 19.4. The second kappa shape index (κ2) is 9.21. The predicted octanol–water partition coefficient (Wildman–Crippen LogP) is 7.32. The molecule has 0 heterocycles. The van der Waals surface area contributed by atoms with Gasteiger partial charge >= 0.3 is 12.4 Å². The van der Waals surface area contributed by atoms with Crippen LogP contribution in [-0.4, -0.2) is 12.4 Å². The number of rotatable bonds is 5. The van der Waals surface area contributed by atoms with Gasteiger partial charge in [0.25, 0.3) is 0 Å².